The number of benzene rings is 2. The number of halogens is 1. The maximum Gasteiger partial charge on any atom is 0.269 e. The number of thioether (sulfide) groups is 1. The molecule has 0 aliphatic heterocycles. The Morgan fingerprint density at radius 3 is 2.29 bits per heavy atom. The van der Waals surface area contributed by atoms with Gasteiger partial charge < -0.3 is 0 Å². The minimum absolute atomic E-state index is 0.193. The molecule has 2 amide bonds. The third kappa shape index (κ3) is 5.91. The Morgan fingerprint density at radius 1 is 1.00 bits per heavy atom. The second kappa shape index (κ2) is 9.35. The van der Waals surface area contributed by atoms with Crippen LogP contribution in [0.3, 0.4) is 0 Å². The lowest BCUT2D eigenvalue weighted by molar-refractivity contribution is -0.121. The molecule has 2 N–H and O–H groups in total. The van der Waals surface area contributed by atoms with Crippen molar-refractivity contribution in [1.29, 1.82) is 0 Å². The highest BCUT2D eigenvalue weighted by Crippen LogP contribution is 2.24. The van der Waals surface area contributed by atoms with E-state index in [1.54, 1.807) is 23.9 Å². The summed E-state index contributed by atoms with van der Waals surface area (Å²) >= 11 is 7.57. The van der Waals surface area contributed by atoms with Gasteiger partial charge in [0.1, 0.15) is 0 Å². The Kier molecular flexibility index (Phi) is 7.15. The second-order valence-corrected chi connectivity index (χ2v) is 6.68. The Hall–Kier alpha value is -1.98. The van der Waals surface area contributed by atoms with Gasteiger partial charge in [-0.2, -0.15) is 0 Å². The van der Waals surface area contributed by atoms with Crippen LogP contribution in [0.15, 0.2) is 53.4 Å². The van der Waals surface area contributed by atoms with E-state index in [0.717, 1.165) is 27.7 Å². The number of hydrazine groups is 1. The minimum Gasteiger partial charge on any atom is -0.273 e. The predicted octanol–water partition coefficient (Wildman–Crippen LogP) is 4.19. The van der Waals surface area contributed by atoms with Crippen molar-refractivity contribution in [2.75, 3.05) is 0 Å². The first-order chi connectivity index (χ1) is 11.6. The molecule has 0 aliphatic rings. The number of hydrogen-bond donors (Lipinski definition) is 2. The zero-order valence-corrected chi connectivity index (χ0v) is 14.9. The van der Waals surface area contributed by atoms with E-state index in [4.69, 9.17) is 11.6 Å². The summed E-state index contributed by atoms with van der Waals surface area (Å²) in [6.07, 6.45) is 1.13. The largest absolute Gasteiger partial charge is 0.273 e. The number of amides is 2. The van der Waals surface area contributed by atoms with Crippen LogP contribution in [-0.2, 0) is 10.5 Å². The summed E-state index contributed by atoms with van der Waals surface area (Å²) in [5.41, 5.74) is 6.42. The Bertz CT molecular complexity index is 687. The zero-order chi connectivity index (χ0) is 17.4. The first kappa shape index (κ1) is 18.4. The molecule has 0 radical (unpaired) electrons. The van der Waals surface area contributed by atoms with Crippen molar-refractivity contribution in [2.24, 2.45) is 0 Å². The molecule has 0 heterocycles. The van der Waals surface area contributed by atoms with Gasteiger partial charge in [0.2, 0.25) is 5.91 Å². The average Bonchev–Trinajstić information content (AvgIpc) is 2.60. The van der Waals surface area contributed by atoms with Gasteiger partial charge in [-0.3, -0.25) is 20.4 Å². The van der Waals surface area contributed by atoms with Crippen molar-refractivity contribution in [3.63, 3.8) is 0 Å². The van der Waals surface area contributed by atoms with Gasteiger partial charge in [0.05, 0.1) is 0 Å². The van der Waals surface area contributed by atoms with Gasteiger partial charge in [0.25, 0.3) is 5.91 Å². The Balaban J connectivity index is 1.84. The summed E-state index contributed by atoms with van der Waals surface area (Å²) < 4.78 is 0. The summed E-state index contributed by atoms with van der Waals surface area (Å²) in [7, 11) is 0. The quantitative estimate of drug-likeness (QED) is 0.598. The third-order valence-corrected chi connectivity index (χ3v) is 4.56. The van der Waals surface area contributed by atoms with E-state index in [2.05, 4.69) is 10.9 Å². The van der Waals surface area contributed by atoms with Crippen LogP contribution in [0.2, 0.25) is 5.02 Å². The predicted molar refractivity (Wildman–Crippen MR) is 98.0 cm³/mol. The topological polar surface area (TPSA) is 58.2 Å². The van der Waals surface area contributed by atoms with Gasteiger partial charge >= 0.3 is 0 Å². The van der Waals surface area contributed by atoms with Gasteiger partial charge in [0.15, 0.2) is 0 Å². The normalized spacial score (nSPS) is 10.2. The van der Waals surface area contributed by atoms with Gasteiger partial charge in [-0.05, 0) is 48.4 Å². The molecule has 0 spiro atoms. The van der Waals surface area contributed by atoms with Crippen LogP contribution in [0.4, 0.5) is 0 Å². The molecule has 0 saturated carbocycles. The molecule has 0 atom stereocenters. The fourth-order valence-corrected chi connectivity index (χ4v) is 2.92. The summed E-state index contributed by atoms with van der Waals surface area (Å²) in [6.45, 7) is 1.90. The van der Waals surface area contributed by atoms with Crippen molar-refractivity contribution in [3.8, 4) is 0 Å². The molecule has 0 fully saturated rings. The number of nitrogens with one attached hydrogen (secondary N) is 2. The molecule has 126 valence electrons. The molecule has 2 aromatic carbocycles. The first-order valence-corrected chi connectivity index (χ1v) is 9.01. The van der Waals surface area contributed by atoms with E-state index in [-0.39, 0.29) is 11.8 Å². The smallest absolute Gasteiger partial charge is 0.269 e. The van der Waals surface area contributed by atoms with E-state index in [1.165, 1.54) is 0 Å². The summed E-state index contributed by atoms with van der Waals surface area (Å²) in [5, 5.41) is 0.723. The highest BCUT2D eigenvalue weighted by Gasteiger charge is 2.07. The van der Waals surface area contributed by atoms with Crippen LogP contribution < -0.4 is 10.9 Å². The van der Waals surface area contributed by atoms with Gasteiger partial charge in [0, 0.05) is 27.7 Å². The molecule has 0 aliphatic carbocycles. The SMILES string of the molecule is CCCC(=O)NNC(=O)c1ccc(CSc2ccc(Cl)cc2)cc1. The number of carbonyl (C=O) groups excluding carboxylic acids is 2. The third-order valence-electron chi connectivity index (χ3n) is 3.23. The average molecular weight is 363 g/mol. The molecule has 0 saturated heterocycles. The summed E-state index contributed by atoms with van der Waals surface area (Å²) in [4.78, 5) is 24.4. The highest BCUT2D eigenvalue weighted by atomic mass is 35.5. The Morgan fingerprint density at radius 2 is 1.67 bits per heavy atom. The Labute approximate surface area is 150 Å². The fraction of sp³-hybridized carbons (Fsp3) is 0.222. The van der Waals surface area contributed by atoms with Crippen LogP contribution >= 0.6 is 23.4 Å². The van der Waals surface area contributed by atoms with Crippen LogP contribution in [0, 0.1) is 0 Å². The van der Waals surface area contributed by atoms with Crippen LogP contribution in [0.1, 0.15) is 35.7 Å². The van der Waals surface area contributed by atoms with Crippen LogP contribution in [0.25, 0.3) is 0 Å². The zero-order valence-electron chi connectivity index (χ0n) is 13.3. The number of hydrogen-bond acceptors (Lipinski definition) is 3. The molecule has 6 heteroatoms. The summed E-state index contributed by atoms with van der Waals surface area (Å²) in [6, 6.07) is 15.0. The second-order valence-electron chi connectivity index (χ2n) is 5.19. The maximum absolute atomic E-state index is 11.9. The van der Waals surface area contributed by atoms with Gasteiger partial charge in [-0.25, -0.2) is 0 Å². The number of rotatable bonds is 6. The van der Waals surface area contributed by atoms with Crippen molar-refractivity contribution < 1.29 is 9.59 Å². The van der Waals surface area contributed by atoms with Crippen LogP contribution in [0.5, 0.6) is 0 Å². The van der Waals surface area contributed by atoms with E-state index in [0.29, 0.717) is 12.0 Å². The molecular weight excluding hydrogens is 344 g/mol. The van der Waals surface area contributed by atoms with Crippen molar-refractivity contribution in [1.82, 2.24) is 10.9 Å². The van der Waals surface area contributed by atoms with Crippen molar-refractivity contribution in [2.45, 2.75) is 30.4 Å². The van der Waals surface area contributed by atoms with E-state index in [9.17, 15) is 9.59 Å². The standard InChI is InChI=1S/C18H19ClN2O2S/c1-2-3-17(22)20-21-18(23)14-6-4-13(5-7-14)12-24-16-10-8-15(19)9-11-16/h4-11H,2-3,12H2,1H3,(H,20,22)(H,21,23). The van der Waals surface area contributed by atoms with Crippen molar-refractivity contribution in [3.05, 3.63) is 64.7 Å². The maximum atomic E-state index is 11.9. The summed E-state index contributed by atoms with van der Waals surface area (Å²) in [5.74, 6) is 0.287. The minimum atomic E-state index is -0.323. The molecule has 0 aromatic heterocycles. The highest BCUT2D eigenvalue weighted by molar-refractivity contribution is 7.98. The fourth-order valence-electron chi connectivity index (χ4n) is 1.94. The number of carbonyl (C=O) groups is 2. The molecule has 4 nitrogen and oxygen atoms in total. The lowest BCUT2D eigenvalue weighted by atomic mass is 10.1. The molecule has 24 heavy (non-hydrogen) atoms. The molecule has 2 rings (SSSR count). The monoisotopic (exact) mass is 362 g/mol. The van der Waals surface area contributed by atoms with Gasteiger partial charge in [-0.15, -0.1) is 11.8 Å². The van der Waals surface area contributed by atoms with E-state index >= 15 is 0 Å². The lowest BCUT2D eigenvalue weighted by Gasteiger charge is -2.07. The van der Waals surface area contributed by atoms with E-state index < -0.39 is 0 Å². The molecular formula is C18H19ClN2O2S. The van der Waals surface area contributed by atoms with E-state index in [1.807, 2.05) is 43.3 Å². The molecule has 2 aromatic rings. The lowest BCUT2D eigenvalue weighted by Crippen LogP contribution is -2.41. The van der Waals surface area contributed by atoms with Gasteiger partial charge in [-0.1, -0.05) is 30.7 Å². The molecule has 0 unspecified atom stereocenters. The molecule has 0 bridgehead atoms. The van der Waals surface area contributed by atoms with Crippen molar-refractivity contribution >= 4 is 35.2 Å². The first-order valence-electron chi connectivity index (χ1n) is 7.65. The van der Waals surface area contributed by atoms with Crippen LogP contribution in [-0.4, -0.2) is 11.8 Å².